The molecule has 68 valence electrons. The van der Waals surface area contributed by atoms with E-state index in [-0.39, 0.29) is 5.78 Å². The molecular formula is C10H16O2. The van der Waals surface area contributed by atoms with E-state index in [0.29, 0.717) is 23.8 Å². The zero-order chi connectivity index (χ0) is 9.14. The van der Waals surface area contributed by atoms with Crippen molar-refractivity contribution in [3.63, 3.8) is 0 Å². The van der Waals surface area contributed by atoms with Crippen molar-refractivity contribution in [3.8, 4) is 0 Å². The topological polar surface area (TPSA) is 37.3 Å². The number of carbonyl (C=O) groups excluding carboxylic acids is 1. The molecule has 1 fully saturated rings. The summed E-state index contributed by atoms with van der Waals surface area (Å²) in [6.07, 6.45) is 3.33. The quantitative estimate of drug-likeness (QED) is 0.482. The normalized spacial score (nSPS) is 28.4. The molecule has 1 aliphatic rings. The highest BCUT2D eigenvalue weighted by Gasteiger charge is 2.25. The van der Waals surface area contributed by atoms with Gasteiger partial charge < -0.3 is 5.11 Å². The number of rotatable bonds is 1. The molecule has 0 radical (unpaired) electrons. The van der Waals surface area contributed by atoms with Crippen LogP contribution in [0.4, 0.5) is 0 Å². The standard InChI is InChI=1S/C10H16O2/c1-7(2)8-3-4-10(12)9(5-8)6-11/h6-8,11H,3-5H2,1-2H3/b9-6+/t8-/m0/s1. The van der Waals surface area contributed by atoms with Crippen LogP contribution >= 0.6 is 0 Å². The van der Waals surface area contributed by atoms with Gasteiger partial charge in [0, 0.05) is 12.0 Å². The van der Waals surface area contributed by atoms with E-state index in [2.05, 4.69) is 13.8 Å². The van der Waals surface area contributed by atoms with Crippen LogP contribution in [0.2, 0.25) is 0 Å². The third kappa shape index (κ3) is 1.87. The molecule has 0 aromatic rings. The molecular weight excluding hydrogens is 152 g/mol. The van der Waals surface area contributed by atoms with Crippen molar-refractivity contribution in [2.75, 3.05) is 0 Å². The number of allylic oxidation sites excluding steroid dienone is 1. The van der Waals surface area contributed by atoms with Gasteiger partial charge in [-0.05, 0) is 24.7 Å². The Balaban J connectivity index is 2.62. The Morgan fingerprint density at radius 1 is 1.58 bits per heavy atom. The molecule has 0 saturated heterocycles. The molecule has 0 unspecified atom stereocenters. The van der Waals surface area contributed by atoms with E-state index in [0.717, 1.165) is 19.1 Å². The fourth-order valence-corrected chi connectivity index (χ4v) is 1.67. The first kappa shape index (κ1) is 9.30. The molecule has 0 amide bonds. The monoisotopic (exact) mass is 168 g/mol. The van der Waals surface area contributed by atoms with E-state index in [9.17, 15) is 4.79 Å². The first-order valence-corrected chi connectivity index (χ1v) is 4.51. The Labute approximate surface area is 73.3 Å². The maximum atomic E-state index is 11.2. The van der Waals surface area contributed by atoms with E-state index >= 15 is 0 Å². The van der Waals surface area contributed by atoms with Crippen LogP contribution in [0.1, 0.15) is 33.1 Å². The van der Waals surface area contributed by atoms with Crippen LogP contribution in [0.25, 0.3) is 0 Å². The van der Waals surface area contributed by atoms with Gasteiger partial charge in [-0.25, -0.2) is 0 Å². The molecule has 1 rings (SSSR count). The molecule has 0 heterocycles. The summed E-state index contributed by atoms with van der Waals surface area (Å²) in [6, 6.07) is 0. The molecule has 0 aliphatic heterocycles. The third-order valence-electron chi connectivity index (χ3n) is 2.68. The number of hydrogen-bond donors (Lipinski definition) is 1. The Bertz CT molecular complexity index is 204. The van der Waals surface area contributed by atoms with E-state index in [4.69, 9.17) is 5.11 Å². The second-order valence-corrected chi connectivity index (χ2v) is 3.82. The lowest BCUT2D eigenvalue weighted by atomic mass is 9.79. The van der Waals surface area contributed by atoms with Crippen molar-refractivity contribution in [1.29, 1.82) is 0 Å². The lowest BCUT2D eigenvalue weighted by Crippen LogP contribution is -2.20. The molecule has 1 aliphatic carbocycles. The predicted octanol–water partition coefficient (Wildman–Crippen LogP) is 2.45. The van der Waals surface area contributed by atoms with Gasteiger partial charge in [0.1, 0.15) is 0 Å². The van der Waals surface area contributed by atoms with Crippen molar-refractivity contribution in [1.82, 2.24) is 0 Å². The van der Waals surface area contributed by atoms with E-state index in [1.807, 2.05) is 0 Å². The minimum atomic E-state index is 0.120. The third-order valence-corrected chi connectivity index (χ3v) is 2.68. The number of Topliss-reactive ketones (excluding diaryl/α,β-unsaturated/α-hetero) is 1. The minimum absolute atomic E-state index is 0.120. The van der Waals surface area contributed by atoms with Gasteiger partial charge >= 0.3 is 0 Å². The van der Waals surface area contributed by atoms with Crippen molar-refractivity contribution in [2.45, 2.75) is 33.1 Å². The van der Waals surface area contributed by atoms with Crippen LogP contribution in [-0.4, -0.2) is 10.9 Å². The van der Waals surface area contributed by atoms with E-state index < -0.39 is 0 Å². The van der Waals surface area contributed by atoms with Gasteiger partial charge in [0.05, 0.1) is 6.26 Å². The van der Waals surface area contributed by atoms with Gasteiger partial charge in [0.25, 0.3) is 0 Å². The average molecular weight is 168 g/mol. The molecule has 0 aromatic heterocycles. The summed E-state index contributed by atoms with van der Waals surface area (Å²) in [6.45, 7) is 4.32. The average Bonchev–Trinajstić information content (AvgIpc) is 2.05. The summed E-state index contributed by atoms with van der Waals surface area (Å²) < 4.78 is 0. The van der Waals surface area contributed by atoms with Crippen molar-refractivity contribution in [3.05, 3.63) is 11.8 Å². The fourth-order valence-electron chi connectivity index (χ4n) is 1.67. The highest BCUT2D eigenvalue weighted by molar-refractivity contribution is 5.95. The number of aliphatic hydroxyl groups excluding tert-OH is 1. The smallest absolute Gasteiger partial charge is 0.161 e. The highest BCUT2D eigenvalue weighted by atomic mass is 16.2. The van der Waals surface area contributed by atoms with Crippen LogP contribution in [0, 0.1) is 11.8 Å². The number of carbonyl (C=O) groups is 1. The lowest BCUT2D eigenvalue weighted by molar-refractivity contribution is -0.117. The van der Waals surface area contributed by atoms with Crippen molar-refractivity contribution in [2.24, 2.45) is 11.8 Å². The molecule has 0 bridgehead atoms. The summed E-state index contributed by atoms with van der Waals surface area (Å²) in [5, 5.41) is 8.78. The first-order valence-electron chi connectivity index (χ1n) is 4.51. The summed E-state index contributed by atoms with van der Waals surface area (Å²) in [4.78, 5) is 11.2. The zero-order valence-electron chi connectivity index (χ0n) is 7.71. The second-order valence-electron chi connectivity index (χ2n) is 3.82. The van der Waals surface area contributed by atoms with E-state index in [1.54, 1.807) is 0 Å². The van der Waals surface area contributed by atoms with Crippen LogP contribution < -0.4 is 0 Å². The lowest BCUT2D eigenvalue weighted by Gasteiger charge is -2.25. The fraction of sp³-hybridized carbons (Fsp3) is 0.700. The Morgan fingerprint density at radius 3 is 2.75 bits per heavy atom. The summed E-state index contributed by atoms with van der Waals surface area (Å²) in [5.74, 6) is 1.29. The number of hydrogen-bond acceptors (Lipinski definition) is 2. The van der Waals surface area contributed by atoms with Gasteiger partial charge in [0.2, 0.25) is 0 Å². The van der Waals surface area contributed by atoms with Gasteiger partial charge in [-0.1, -0.05) is 13.8 Å². The highest BCUT2D eigenvalue weighted by Crippen LogP contribution is 2.30. The van der Waals surface area contributed by atoms with Crippen LogP contribution in [-0.2, 0) is 4.79 Å². The summed E-state index contributed by atoms with van der Waals surface area (Å²) in [7, 11) is 0. The summed E-state index contributed by atoms with van der Waals surface area (Å²) >= 11 is 0. The Morgan fingerprint density at radius 2 is 2.25 bits per heavy atom. The van der Waals surface area contributed by atoms with Crippen molar-refractivity contribution < 1.29 is 9.90 Å². The molecule has 1 N–H and O–H groups in total. The van der Waals surface area contributed by atoms with Gasteiger partial charge in [-0.3, -0.25) is 4.79 Å². The molecule has 0 aromatic carbocycles. The largest absolute Gasteiger partial charge is 0.515 e. The molecule has 2 nitrogen and oxygen atoms in total. The molecule has 1 atom stereocenters. The van der Waals surface area contributed by atoms with Crippen LogP contribution in [0.5, 0.6) is 0 Å². The Kier molecular flexibility index (Phi) is 2.90. The van der Waals surface area contributed by atoms with Crippen LogP contribution in [0.3, 0.4) is 0 Å². The number of aliphatic hydroxyl groups is 1. The molecule has 2 heteroatoms. The van der Waals surface area contributed by atoms with Gasteiger partial charge in [-0.2, -0.15) is 0 Å². The molecule has 12 heavy (non-hydrogen) atoms. The zero-order valence-corrected chi connectivity index (χ0v) is 7.71. The molecule has 0 spiro atoms. The maximum Gasteiger partial charge on any atom is 0.161 e. The summed E-state index contributed by atoms with van der Waals surface area (Å²) in [5.41, 5.74) is 0.611. The van der Waals surface area contributed by atoms with Gasteiger partial charge in [-0.15, -0.1) is 0 Å². The predicted molar refractivity (Wildman–Crippen MR) is 47.9 cm³/mol. The maximum absolute atomic E-state index is 11.2. The second kappa shape index (κ2) is 3.74. The number of ketones is 1. The SMILES string of the molecule is CC(C)[C@H]1CCC(=O)/C(=C/O)C1. The van der Waals surface area contributed by atoms with Crippen LogP contribution in [0.15, 0.2) is 11.8 Å². The van der Waals surface area contributed by atoms with E-state index in [1.165, 1.54) is 0 Å². The minimum Gasteiger partial charge on any atom is -0.515 e. The van der Waals surface area contributed by atoms with Gasteiger partial charge in [0.15, 0.2) is 5.78 Å². The van der Waals surface area contributed by atoms with Crippen molar-refractivity contribution >= 4 is 5.78 Å². The molecule has 1 saturated carbocycles. The first-order chi connectivity index (χ1) is 5.65. The Hall–Kier alpha value is -0.790.